The number of carbonyl (C=O) groups is 1. The van der Waals surface area contributed by atoms with Crippen LogP contribution in [-0.4, -0.2) is 47.7 Å². The molecule has 1 aromatic carbocycles. The average molecular weight is 430 g/mol. The minimum Gasteiger partial charge on any atom is -0.482 e. The van der Waals surface area contributed by atoms with Crippen LogP contribution in [-0.2, 0) is 16.1 Å². The summed E-state index contributed by atoms with van der Waals surface area (Å²) in [6.45, 7) is 6.45. The van der Waals surface area contributed by atoms with Gasteiger partial charge in [0.15, 0.2) is 11.7 Å². The fourth-order valence-corrected chi connectivity index (χ4v) is 4.02. The number of rotatable bonds is 6. The van der Waals surface area contributed by atoms with Crippen molar-refractivity contribution in [1.82, 2.24) is 9.88 Å². The van der Waals surface area contributed by atoms with Crippen molar-refractivity contribution < 1.29 is 14.3 Å². The highest BCUT2D eigenvalue weighted by Gasteiger charge is 2.22. The van der Waals surface area contributed by atoms with Crippen molar-refractivity contribution in [1.29, 1.82) is 0 Å². The molecular weight excluding hydrogens is 409 g/mol. The number of hydrogen-bond acceptors (Lipinski definition) is 6. The topological polar surface area (TPSA) is 63.7 Å². The van der Waals surface area contributed by atoms with Crippen LogP contribution >= 0.6 is 34.5 Å². The van der Waals surface area contributed by atoms with Gasteiger partial charge in [-0.1, -0.05) is 23.2 Å². The lowest BCUT2D eigenvalue weighted by atomic mass is 10.2. The SMILES string of the molecule is CC1CN(Cc2csc(NC(=O)COc3cc(Cl)ccc3Cl)n2)CC(C)O1. The molecule has 2 heterocycles. The molecule has 1 aromatic heterocycles. The molecule has 1 fully saturated rings. The molecular formula is C18H21Cl2N3O3S. The first-order valence-electron chi connectivity index (χ1n) is 8.59. The molecule has 146 valence electrons. The van der Waals surface area contributed by atoms with Crippen molar-refractivity contribution in [3.8, 4) is 5.75 Å². The molecule has 1 amide bonds. The largest absolute Gasteiger partial charge is 0.482 e. The molecule has 2 unspecified atom stereocenters. The fraction of sp³-hybridized carbons (Fsp3) is 0.444. The van der Waals surface area contributed by atoms with Crippen LogP contribution in [0.25, 0.3) is 0 Å². The van der Waals surface area contributed by atoms with Crippen molar-refractivity contribution in [2.45, 2.75) is 32.6 Å². The van der Waals surface area contributed by atoms with E-state index in [-0.39, 0.29) is 24.7 Å². The fourth-order valence-electron chi connectivity index (χ4n) is 2.97. The molecule has 1 saturated heterocycles. The van der Waals surface area contributed by atoms with Crippen LogP contribution in [0.3, 0.4) is 0 Å². The number of hydrogen-bond donors (Lipinski definition) is 1. The number of benzene rings is 1. The van der Waals surface area contributed by atoms with E-state index in [2.05, 4.69) is 29.0 Å². The number of anilines is 1. The molecule has 27 heavy (non-hydrogen) atoms. The van der Waals surface area contributed by atoms with Crippen LogP contribution in [0.2, 0.25) is 10.0 Å². The normalized spacial score (nSPS) is 20.4. The average Bonchev–Trinajstić information content (AvgIpc) is 3.01. The summed E-state index contributed by atoms with van der Waals surface area (Å²) < 4.78 is 11.2. The summed E-state index contributed by atoms with van der Waals surface area (Å²) in [5.74, 6) is 0.0651. The van der Waals surface area contributed by atoms with Gasteiger partial charge < -0.3 is 9.47 Å². The van der Waals surface area contributed by atoms with Crippen LogP contribution in [0.4, 0.5) is 5.13 Å². The second kappa shape index (κ2) is 9.21. The Balaban J connectivity index is 1.49. The lowest BCUT2D eigenvalue weighted by molar-refractivity contribution is -0.118. The number of aromatic nitrogens is 1. The summed E-state index contributed by atoms with van der Waals surface area (Å²) in [6, 6.07) is 4.85. The van der Waals surface area contributed by atoms with Gasteiger partial charge in [0.05, 0.1) is 22.9 Å². The molecule has 1 aliphatic rings. The molecule has 0 spiro atoms. The highest BCUT2D eigenvalue weighted by molar-refractivity contribution is 7.13. The minimum atomic E-state index is -0.305. The molecule has 0 saturated carbocycles. The zero-order valence-electron chi connectivity index (χ0n) is 15.1. The summed E-state index contributed by atoms with van der Waals surface area (Å²) >= 11 is 13.3. The van der Waals surface area contributed by atoms with Gasteiger partial charge >= 0.3 is 0 Å². The van der Waals surface area contributed by atoms with Crippen LogP contribution in [0.1, 0.15) is 19.5 Å². The van der Waals surface area contributed by atoms with Crippen molar-refractivity contribution >= 4 is 45.6 Å². The van der Waals surface area contributed by atoms with Crippen LogP contribution in [0.5, 0.6) is 5.75 Å². The van der Waals surface area contributed by atoms with Gasteiger partial charge in [0.1, 0.15) is 5.75 Å². The summed E-state index contributed by atoms with van der Waals surface area (Å²) in [5, 5.41) is 6.14. The Bertz CT molecular complexity index is 792. The van der Waals surface area contributed by atoms with Crippen LogP contribution < -0.4 is 10.1 Å². The monoisotopic (exact) mass is 429 g/mol. The summed E-state index contributed by atoms with van der Waals surface area (Å²) in [4.78, 5) is 18.9. The predicted octanol–water partition coefficient (Wildman–Crippen LogP) is 4.08. The Labute approximate surface area is 172 Å². The Kier molecular flexibility index (Phi) is 6.94. The third-order valence-corrected chi connectivity index (χ3v) is 5.28. The van der Waals surface area contributed by atoms with E-state index < -0.39 is 0 Å². The van der Waals surface area contributed by atoms with Crippen molar-refractivity contribution in [3.05, 3.63) is 39.3 Å². The van der Waals surface area contributed by atoms with Crippen molar-refractivity contribution in [2.75, 3.05) is 25.0 Å². The third kappa shape index (κ3) is 6.05. The summed E-state index contributed by atoms with van der Waals surface area (Å²) in [7, 11) is 0. The number of carbonyl (C=O) groups excluding carboxylic acids is 1. The number of nitrogens with zero attached hydrogens (tertiary/aromatic N) is 2. The smallest absolute Gasteiger partial charge is 0.264 e. The molecule has 3 rings (SSSR count). The van der Waals surface area contributed by atoms with Gasteiger partial charge in [-0.05, 0) is 26.0 Å². The number of nitrogens with one attached hydrogen (secondary N) is 1. The lowest BCUT2D eigenvalue weighted by Crippen LogP contribution is -2.44. The van der Waals surface area contributed by atoms with E-state index in [1.165, 1.54) is 11.3 Å². The molecule has 9 heteroatoms. The Morgan fingerprint density at radius 2 is 2.11 bits per heavy atom. The van der Waals surface area contributed by atoms with Gasteiger partial charge in [0, 0.05) is 36.1 Å². The van der Waals surface area contributed by atoms with E-state index in [0.29, 0.717) is 20.9 Å². The minimum absolute atomic E-state index is 0.173. The molecule has 2 atom stereocenters. The molecule has 1 N–H and O–H groups in total. The summed E-state index contributed by atoms with van der Waals surface area (Å²) in [5.41, 5.74) is 0.926. The highest BCUT2D eigenvalue weighted by atomic mass is 35.5. The number of morpholine rings is 1. The van der Waals surface area contributed by atoms with Gasteiger partial charge in [-0.25, -0.2) is 4.98 Å². The van der Waals surface area contributed by atoms with Gasteiger partial charge in [-0.15, -0.1) is 11.3 Å². The van der Waals surface area contributed by atoms with Gasteiger partial charge in [-0.3, -0.25) is 15.0 Å². The summed E-state index contributed by atoms with van der Waals surface area (Å²) in [6.07, 6.45) is 0.420. The second-order valence-electron chi connectivity index (χ2n) is 6.51. The quantitative estimate of drug-likeness (QED) is 0.749. The zero-order valence-corrected chi connectivity index (χ0v) is 17.4. The predicted molar refractivity (Wildman–Crippen MR) is 108 cm³/mol. The van der Waals surface area contributed by atoms with Gasteiger partial charge in [0.25, 0.3) is 5.91 Å². The first kappa shape index (κ1) is 20.4. The van der Waals surface area contributed by atoms with Crippen molar-refractivity contribution in [2.24, 2.45) is 0 Å². The van der Waals surface area contributed by atoms with E-state index in [4.69, 9.17) is 32.7 Å². The third-order valence-electron chi connectivity index (χ3n) is 3.93. The second-order valence-corrected chi connectivity index (χ2v) is 8.21. The van der Waals surface area contributed by atoms with E-state index in [1.54, 1.807) is 18.2 Å². The molecule has 0 radical (unpaired) electrons. The van der Waals surface area contributed by atoms with Crippen LogP contribution in [0, 0.1) is 0 Å². The van der Waals surface area contributed by atoms with Gasteiger partial charge in [0.2, 0.25) is 0 Å². The number of halogens is 2. The Hall–Kier alpha value is -1.38. The van der Waals surface area contributed by atoms with Crippen LogP contribution in [0.15, 0.2) is 23.6 Å². The zero-order chi connectivity index (χ0) is 19.4. The van der Waals surface area contributed by atoms with E-state index in [1.807, 2.05) is 5.38 Å². The molecule has 0 aliphatic carbocycles. The number of thiazole rings is 1. The number of amides is 1. The standard InChI is InChI=1S/C18H21Cl2N3O3S/c1-11-6-23(7-12(2)26-11)8-14-10-27-18(21-14)22-17(24)9-25-16-5-13(19)3-4-15(16)20/h3-5,10-12H,6-9H2,1-2H3,(H,21,22,24). The first-order chi connectivity index (χ1) is 12.9. The molecule has 1 aliphatic heterocycles. The number of ether oxygens (including phenoxy) is 2. The molecule has 6 nitrogen and oxygen atoms in total. The maximum atomic E-state index is 12.1. The van der Waals surface area contributed by atoms with E-state index in [9.17, 15) is 4.79 Å². The van der Waals surface area contributed by atoms with E-state index >= 15 is 0 Å². The first-order valence-corrected chi connectivity index (χ1v) is 10.2. The molecule has 2 aromatic rings. The Morgan fingerprint density at radius 1 is 1.37 bits per heavy atom. The maximum Gasteiger partial charge on any atom is 0.264 e. The Morgan fingerprint density at radius 3 is 2.85 bits per heavy atom. The van der Waals surface area contributed by atoms with Crippen molar-refractivity contribution in [3.63, 3.8) is 0 Å². The molecule has 0 bridgehead atoms. The maximum absolute atomic E-state index is 12.1. The lowest BCUT2D eigenvalue weighted by Gasteiger charge is -2.34. The van der Waals surface area contributed by atoms with E-state index in [0.717, 1.165) is 25.3 Å². The highest BCUT2D eigenvalue weighted by Crippen LogP contribution is 2.27. The van der Waals surface area contributed by atoms with Gasteiger partial charge in [-0.2, -0.15) is 0 Å².